The van der Waals surface area contributed by atoms with Gasteiger partial charge in [0.05, 0.1) is 12.7 Å². The van der Waals surface area contributed by atoms with Crippen molar-refractivity contribution in [2.75, 3.05) is 39.3 Å². The number of hydrogen-bond acceptors (Lipinski definition) is 6. The monoisotopic (exact) mass is 350 g/mol. The van der Waals surface area contributed by atoms with Crippen LogP contribution in [0.2, 0.25) is 0 Å². The second kappa shape index (κ2) is 6.09. The van der Waals surface area contributed by atoms with Gasteiger partial charge < -0.3 is 15.3 Å². The number of likely N-dealkylation sites (tertiary alicyclic amines) is 2. The van der Waals surface area contributed by atoms with Crippen LogP contribution in [-0.4, -0.2) is 71.0 Å². The Balaban J connectivity index is 1.45. The number of nitrogens with zero attached hydrogens (tertiary/aromatic N) is 3. The van der Waals surface area contributed by atoms with Gasteiger partial charge in [-0.3, -0.25) is 14.5 Å². The maximum atomic E-state index is 12.8. The molecule has 0 unspecified atom stereocenters. The third-order valence-electron chi connectivity index (χ3n) is 5.56. The predicted molar refractivity (Wildman–Crippen MR) is 89.0 cm³/mol. The van der Waals surface area contributed by atoms with E-state index in [9.17, 15) is 14.7 Å². The van der Waals surface area contributed by atoms with E-state index < -0.39 is 11.4 Å². The van der Waals surface area contributed by atoms with Crippen molar-refractivity contribution >= 4 is 23.2 Å². The molecule has 0 aromatic carbocycles. The normalized spacial score (nSPS) is 30.0. The lowest BCUT2D eigenvalue weighted by Crippen LogP contribution is -2.41. The molecule has 1 aromatic heterocycles. The number of carbonyl (C=O) groups is 2. The summed E-state index contributed by atoms with van der Waals surface area (Å²) < 4.78 is 0. The lowest BCUT2D eigenvalue weighted by molar-refractivity contribution is -0.148. The second-order valence-electron chi connectivity index (χ2n) is 7.08. The van der Waals surface area contributed by atoms with Crippen LogP contribution in [0.3, 0.4) is 0 Å². The van der Waals surface area contributed by atoms with Crippen LogP contribution >= 0.6 is 11.3 Å². The van der Waals surface area contributed by atoms with E-state index in [4.69, 9.17) is 0 Å². The van der Waals surface area contributed by atoms with Crippen molar-refractivity contribution in [1.29, 1.82) is 0 Å². The zero-order chi connectivity index (χ0) is 16.7. The van der Waals surface area contributed by atoms with Crippen molar-refractivity contribution in [3.63, 3.8) is 0 Å². The minimum Gasteiger partial charge on any atom is -0.481 e. The average molecular weight is 350 g/mol. The molecule has 3 saturated heterocycles. The summed E-state index contributed by atoms with van der Waals surface area (Å²) in [6.45, 7) is 4.92. The first-order chi connectivity index (χ1) is 11.6. The highest BCUT2D eigenvalue weighted by Gasteiger charge is 2.56. The van der Waals surface area contributed by atoms with Crippen LogP contribution in [-0.2, 0) is 11.3 Å². The first-order valence-corrected chi connectivity index (χ1v) is 9.30. The van der Waals surface area contributed by atoms with Crippen molar-refractivity contribution in [2.24, 2.45) is 11.3 Å². The van der Waals surface area contributed by atoms with Crippen molar-refractivity contribution in [2.45, 2.75) is 19.4 Å². The van der Waals surface area contributed by atoms with Crippen LogP contribution in [0.25, 0.3) is 0 Å². The molecule has 1 amide bonds. The number of carbonyl (C=O) groups excluding carboxylic acids is 1. The Morgan fingerprint density at radius 2 is 2.21 bits per heavy atom. The molecule has 24 heavy (non-hydrogen) atoms. The minimum absolute atomic E-state index is 0.00376. The Morgan fingerprint density at radius 3 is 2.92 bits per heavy atom. The molecule has 3 aliphatic heterocycles. The first kappa shape index (κ1) is 16.0. The van der Waals surface area contributed by atoms with E-state index >= 15 is 0 Å². The Bertz CT molecular complexity index is 658. The quantitative estimate of drug-likeness (QED) is 0.822. The summed E-state index contributed by atoms with van der Waals surface area (Å²) in [6, 6.07) is 0. The van der Waals surface area contributed by atoms with Gasteiger partial charge in [0, 0.05) is 32.1 Å². The fourth-order valence-electron chi connectivity index (χ4n) is 4.15. The number of aliphatic carboxylic acids is 1. The fourth-order valence-corrected chi connectivity index (χ4v) is 5.08. The van der Waals surface area contributed by atoms with Gasteiger partial charge in [-0.1, -0.05) is 0 Å². The molecule has 130 valence electrons. The van der Waals surface area contributed by atoms with Gasteiger partial charge in [0.1, 0.15) is 15.3 Å². The average Bonchev–Trinajstić information content (AvgIpc) is 3.30. The van der Waals surface area contributed by atoms with E-state index in [0.717, 1.165) is 24.6 Å². The van der Waals surface area contributed by atoms with Crippen LogP contribution < -0.4 is 5.32 Å². The van der Waals surface area contributed by atoms with Crippen molar-refractivity contribution in [1.82, 2.24) is 20.1 Å². The molecule has 2 atom stereocenters. The number of carboxylic acids is 1. The molecule has 8 heteroatoms. The number of carboxylic acid groups (broad SMARTS) is 1. The maximum Gasteiger partial charge on any atom is 0.313 e. The summed E-state index contributed by atoms with van der Waals surface area (Å²) in [5.41, 5.74) is -0.821. The molecular weight excluding hydrogens is 328 g/mol. The molecule has 0 aliphatic carbocycles. The zero-order valence-corrected chi connectivity index (χ0v) is 14.3. The molecular formula is C16H22N4O3S. The van der Waals surface area contributed by atoms with Gasteiger partial charge in [-0.05, 0) is 25.9 Å². The van der Waals surface area contributed by atoms with E-state index in [1.54, 1.807) is 11.1 Å². The highest BCUT2D eigenvalue weighted by molar-refractivity contribution is 7.13. The predicted octanol–water partition coefficient (Wildman–Crippen LogP) is 0.485. The third-order valence-corrected chi connectivity index (χ3v) is 6.53. The summed E-state index contributed by atoms with van der Waals surface area (Å²) in [7, 11) is 0. The van der Waals surface area contributed by atoms with Crippen LogP contribution in [0.5, 0.6) is 0 Å². The van der Waals surface area contributed by atoms with Crippen LogP contribution in [0, 0.1) is 11.3 Å². The number of nitrogens with one attached hydrogen (secondary N) is 1. The van der Waals surface area contributed by atoms with E-state index in [-0.39, 0.29) is 18.4 Å². The van der Waals surface area contributed by atoms with Gasteiger partial charge in [0.15, 0.2) is 0 Å². The molecule has 4 heterocycles. The Labute approximate surface area is 144 Å². The van der Waals surface area contributed by atoms with Gasteiger partial charge in [0.2, 0.25) is 0 Å². The molecule has 4 rings (SSSR count). The molecule has 1 aromatic rings. The molecule has 0 bridgehead atoms. The standard InChI is InChI=1S/C16H22N4O3S/c21-14(12-6-18-13(24-12)8-19-3-1-2-4-19)20-7-11-5-17-9-16(11,10-20)15(22)23/h6,11,17H,1-5,7-10H2,(H,22,23)/t11-,16-/m0/s1. The fraction of sp³-hybridized carbons (Fsp3) is 0.688. The summed E-state index contributed by atoms with van der Waals surface area (Å²) in [5.74, 6) is -0.877. The summed E-state index contributed by atoms with van der Waals surface area (Å²) in [4.78, 5) is 33.6. The van der Waals surface area contributed by atoms with Gasteiger partial charge in [-0.15, -0.1) is 11.3 Å². The molecule has 0 spiro atoms. The van der Waals surface area contributed by atoms with E-state index in [1.807, 2.05) is 0 Å². The third kappa shape index (κ3) is 2.62. The molecule has 3 aliphatic rings. The van der Waals surface area contributed by atoms with Gasteiger partial charge >= 0.3 is 5.97 Å². The maximum absolute atomic E-state index is 12.8. The molecule has 3 fully saturated rings. The largest absolute Gasteiger partial charge is 0.481 e. The van der Waals surface area contributed by atoms with Gasteiger partial charge in [0.25, 0.3) is 5.91 Å². The molecule has 0 saturated carbocycles. The number of hydrogen-bond donors (Lipinski definition) is 2. The Morgan fingerprint density at radius 1 is 1.42 bits per heavy atom. The smallest absolute Gasteiger partial charge is 0.313 e. The number of thiazole rings is 1. The highest BCUT2D eigenvalue weighted by atomic mass is 32.1. The number of aromatic nitrogens is 1. The van der Waals surface area contributed by atoms with Crippen molar-refractivity contribution in [3.05, 3.63) is 16.1 Å². The van der Waals surface area contributed by atoms with Crippen molar-refractivity contribution < 1.29 is 14.7 Å². The SMILES string of the molecule is O=C(c1cnc(CN2CCCC2)s1)N1C[C@@H]2CNC[C@]2(C(=O)O)C1. The summed E-state index contributed by atoms with van der Waals surface area (Å²) in [5, 5.41) is 13.7. The summed E-state index contributed by atoms with van der Waals surface area (Å²) >= 11 is 1.44. The lowest BCUT2D eigenvalue weighted by atomic mass is 9.81. The highest BCUT2D eigenvalue weighted by Crippen LogP contribution is 2.40. The molecule has 7 nitrogen and oxygen atoms in total. The topological polar surface area (TPSA) is 85.8 Å². The van der Waals surface area contributed by atoms with Crippen LogP contribution in [0.4, 0.5) is 0 Å². The van der Waals surface area contributed by atoms with Crippen LogP contribution in [0.1, 0.15) is 27.5 Å². The number of amides is 1. The first-order valence-electron chi connectivity index (χ1n) is 8.49. The molecule has 0 radical (unpaired) electrons. The lowest BCUT2D eigenvalue weighted by Gasteiger charge is -2.22. The van der Waals surface area contributed by atoms with Gasteiger partial charge in [-0.25, -0.2) is 4.98 Å². The van der Waals surface area contributed by atoms with E-state index in [0.29, 0.717) is 24.5 Å². The zero-order valence-electron chi connectivity index (χ0n) is 13.5. The van der Waals surface area contributed by atoms with Gasteiger partial charge in [-0.2, -0.15) is 0 Å². The van der Waals surface area contributed by atoms with Crippen molar-refractivity contribution in [3.8, 4) is 0 Å². The number of rotatable bonds is 4. The molecule has 2 N–H and O–H groups in total. The summed E-state index contributed by atoms with van der Waals surface area (Å²) in [6.07, 6.45) is 4.12. The number of fused-ring (bicyclic) bond motifs is 1. The minimum atomic E-state index is -0.821. The van der Waals surface area contributed by atoms with Crippen LogP contribution in [0.15, 0.2) is 6.20 Å². The van der Waals surface area contributed by atoms with E-state index in [2.05, 4.69) is 15.2 Å². The Hall–Kier alpha value is -1.51. The Kier molecular flexibility index (Phi) is 4.06. The second-order valence-corrected chi connectivity index (χ2v) is 8.19. The van der Waals surface area contributed by atoms with E-state index in [1.165, 1.54) is 24.2 Å².